The number of rotatable bonds is 1. The monoisotopic (exact) mass is 325 g/mol. The largest absolute Gasteiger partial charge is 0.383 e. The van der Waals surface area contributed by atoms with E-state index in [1.54, 1.807) is 6.07 Å². The first-order valence-corrected chi connectivity index (χ1v) is 6.59. The zero-order chi connectivity index (χ0) is 15.1. The summed E-state index contributed by atoms with van der Waals surface area (Å²) in [6.45, 7) is 0. The van der Waals surface area contributed by atoms with Gasteiger partial charge in [-0.15, -0.1) is 0 Å². The van der Waals surface area contributed by atoms with Crippen molar-refractivity contribution in [2.45, 2.75) is 0 Å². The summed E-state index contributed by atoms with van der Waals surface area (Å²) in [7, 11) is 0. The van der Waals surface area contributed by atoms with Gasteiger partial charge in [-0.3, -0.25) is 0 Å². The van der Waals surface area contributed by atoms with E-state index >= 15 is 0 Å². The fraction of sp³-hybridized carbons (Fsp3) is 0. The molecule has 21 heavy (non-hydrogen) atoms. The van der Waals surface area contributed by atoms with E-state index in [-0.39, 0.29) is 22.2 Å². The molecule has 106 valence electrons. The van der Waals surface area contributed by atoms with Crippen molar-refractivity contribution in [1.29, 1.82) is 0 Å². The highest BCUT2D eigenvalue weighted by Crippen LogP contribution is 2.32. The Morgan fingerprint density at radius 1 is 1.05 bits per heavy atom. The zero-order valence-electron chi connectivity index (χ0n) is 10.4. The Labute approximate surface area is 128 Å². The molecule has 0 spiro atoms. The van der Waals surface area contributed by atoms with E-state index in [1.807, 2.05) is 0 Å². The maximum Gasteiger partial charge on any atom is 0.169 e. The SMILES string of the molecule is Nc1nc(-c2cccc(F)c2F)nc2c(Cl)cc(Cl)cc12. The van der Waals surface area contributed by atoms with Crippen molar-refractivity contribution in [2.75, 3.05) is 5.73 Å². The number of benzene rings is 2. The molecule has 0 saturated carbocycles. The lowest BCUT2D eigenvalue weighted by Crippen LogP contribution is -2.00. The smallest absolute Gasteiger partial charge is 0.169 e. The Bertz CT molecular complexity index is 868. The van der Waals surface area contributed by atoms with Crippen LogP contribution in [-0.4, -0.2) is 9.97 Å². The van der Waals surface area contributed by atoms with Gasteiger partial charge in [-0.1, -0.05) is 29.3 Å². The predicted molar refractivity (Wildman–Crippen MR) is 79.3 cm³/mol. The second-order valence-electron chi connectivity index (χ2n) is 4.32. The van der Waals surface area contributed by atoms with Gasteiger partial charge in [0, 0.05) is 10.4 Å². The molecule has 0 radical (unpaired) electrons. The van der Waals surface area contributed by atoms with Crippen LogP contribution in [0.2, 0.25) is 10.0 Å². The predicted octanol–water partition coefficient (Wildman–Crippen LogP) is 4.46. The standard InChI is InChI=1S/C14H7Cl2F2N3/c15-6-4-8-12(9(16)5-6)20-14(21-13(8)19)7-2-1-3-10(17)11(7)18/h1-5H,(H2,19,20,21). The van der Waals surface area contributed by atoms with E-state index < -0.39 is 11.6 Å². The van der Waals surface area contributed by atoms with Gasteiger partial charge >= 0.3 is 0 Å². The fourth-order valence-electron chi connectivity index (χ4n) is 1.98. The average molecular weight is 326 g/mol. The van der Waals surface area contributed by atoms with Crippen LogP contribution in [0.15, 0.2) is 30.3 Å². The Kier molecular flexibility index (Phi) is 3.39. The number of aromatic nitrogens is 2. The van der Waals surface area contributed by atoms with E-state index in [0.29, 0.717) is 15.9 Å². The highest BCUT2D eigenvalue weighted by atomic mass is 35.5. The zero-order valence-corrected chi connectivity index (χ0v) is 11.9. The first-order valence-electron chi connectivity index (χ1n) is 5.84. The van der Waals surface area contributed by atoms with Gasteiger partial charge in [-0.2, -0.15) is 0 Å². The number of hydrogen-bond donors (Lipinski definition) is 1. The number of nitrogens with two attached hydrogens (primary N) is 1. The summed E-state index contributed by atoms with van der Waals surface area (Å²) < 4.78 is 27.1. The third-order valence-electron chi connectivity index (χ3n) is 2.94. The van der Waals surface area contributed by atoms with Crippen molar-refractivity contribution in [3.05, 3.63) is 52.0 Å². The van der Waals surface area contributed by atoms with Crippen molar-refractivity contribution >= 4 is 39.9 Å². The summed E-state index contributed by atoms with van der Waals surface area (Å²) in [4.78, 5) is 8.16. The minimum absolute atomic E-state index is 0.0405. The highest BCUT2D eigenvalue weighted by molar-refractivity contribution is 6.38. The Hall–Kier alpha value is -1.98. The summed E-state index contributed by atoms with van der Waals surface area (Å²) in [6, 6.07) is 6.78. The number of nitrogen functional groups attached to an aromatic ring is 1. The second kappa shape index (κ2) is 5.09. The van der Waals surface area contributed by atoms with E-state index in [2.05, 4.69) is 9.97 Å². The quantitative estimate of drug-likeness (QED) is 0.718. The van der Waals surface area contributed by atoms with Crippen LogP contribution in [0.5, 0.6) is 0 Å². The van der Waals surface area contributed by atoms with Crippen molar-refractivity contribution < 1.29 is 8.78 Å². The summed E-state index contributed by atoms with van der Waals surface area (Å²) >= 11 is 12.0. The molecule has 0 aliphatic rings. The van der Waals surface area contributed by atoms with Crippen LogP contribution in [0.25, 0.3) is 22.3 Å². The molecule has 0 aliphatic heterocycles. The van der Waals surface area contributed by atoms with Crippen molar-refractivity contribution in [1.82, 2.24) is 9.97 Å². The van der Waals surface area contributed by atoms with Gasteiger partial charge in [0.25, 0.3) is 0 Å². The molecule has 0 fully saturated rings. The van der Waals surface area contributed by atoms with Gasteiger partial charge in [0.15, 0.2) is 17.5 Å². The fourth-order valence-corrected chi connectivity index (χ4v) is 2.51. The summed E-state index contributed by atoms with van der Waals surface area (Å²) in [5, 5.41) is 1.09. The molecule has 2 aromatic carbocycles. The number of halogens is 4. The first-order chi connectivity index (χ1) is 9.97. The molecule has 0 atom stereocenters. The average Bonchev–Trinajstić information content (AvgIpc) is 2.43. The molecule has 0 bridgehead atoms. The van der Waals surface area contributed by atoms with Crippen LogP contribution < -0.4 is 5.73 Å². The minimum Gasteiger partial charge on any atom is -0.383 e. The molecular formula is C14H7Cl2F2N3. The summed E-state index contributed by atoms with van der Waals surface area (Å²) in [5.74, 6) is -1.98. The molecule has 2 N–H and O–H groups in total. The Morgan fingerprint density at radius 3 is 2.57 bits per heavy atom. The number of nitrogens with zero attached hydrogens (tertiary/aromatic N) is 2. The molecule has 3 aromatic rings. The van der Waals surface area contributed by atoms with Gasteiger partial charge < -0.3 is 5.73 Å². The first kappa shape index (κ1) is 14.0. The van der Waals surface area contributed by atoms with E-state index in [9.17, 15) is 8.78 Å². The summed E-state index contributed by atoms with van der Waals surface area (Å²) in [6.07, 6.45) is 0. The normalized spacial score (nSPS) is 11.0. The van der Waals surface area contributed by atoms with Crippen LogP contribution in [0.3, 0.4) is 0 Å². The van der Waals surface area contributed by atoms with Crippen molar-refractivity contribution in [3.63, 3.8) is 0 Å². The molecule has 0 aliphatic carbocycles. The lowest BCUT2D eigenvalue weighted by atomic mass is 10.1. The summed E-state index contributed by atoms with van der Waals surface area (Å²) in [5.41, 5.74) is 6.07. The molecule has 1 aromatic heterocycles. The maximum atomic E-state index is 13.8. The van der Waals surface area contributed by atoms with E-state index in [4.69, 9.17) is 28.9 Å². The van der Waals surface area contributed by atoms with Gasteiger partial charge in [-0.25, -0.2) is 18.7 Å². The molecule has 7 heteroatoms. The highest BCUT2D eigenvalue weighted by Gasteiger charge is 2.16. The molecular weight excluding hydrogens is 319 g/mol. The number of hydrogen-bond acceptors (Lipinski definition) is 3. The van der Waals surface area contributed by atoms with Crippen LogP contribution in [-0.2, 0) is 0 Å². The molecule has 1 heterocycles. The molecule has 3 rings (SSSR count). The Balaban J connectivity index is 2.33. The molecule has 0 saturated heterocycles. The van der Waals surface area contributed by atoms with Crippen LogP contribution in [0.1, 0.15) is 0 Å². The second-order valence-corrected chi connectivity index (χ2v) is 5.16. The maximum absolute atomic E-state index is 13.8. The van der Waals surface area contributed by atoms with Crippen LogP contribution >= 0.6 is 23.2 Å². The van der Waals surface area contributed by atoms with Crippen LogP contribution in [0.4, 0.5) is 14.6 Å². The van der Waals surface area contributed by atoms with E-state index in [1.165, 1.54) is 18.2 Å². The molecule has 3 nitrogen and oxygen atoms in total. The number of fused-ring (bicyclic) bond motifs is 1. The minimum atomic E-state index is -1.04. The van der Waals surface area contributed by atoms with Crippen molar-refractivity contribution in [3.8, 4) is 11.4 Å². The Morgan fingerprint density at radius 2 is 1.81 bits per heavy atom. The third kappa shape index (κ3) is 2.39. The molecule has 0 amide bonds. The lowest BCUT2D eigenvalue weighted by molar-refractivity contribution is 0.510. The molecule has 0 unspecified atom stereocenters. The van der Waals surface area contributed by atoms with Gasteiger partial charge in [-0.05, 0) is 24.3 Å². The topological polar surface area (TPSA) is 51.8 Å². The van der Waals surface area contributed by atoms with Gasteiger partial charge in [0.05, 0.1) is 16.1 Å². The van der Waals surface area contributed by atoms with Crippen LogP contribution in [0, 0.1) is 11.6 Å². The lowest BCUT2D eigenvalue weighted by Gasteiger charge is -2.08. The van der Waals surface area contributed by atoms with Gasteiger partial charge in [0.1, 0.15) is 5.82 Å². The van der Waals surface area contributed by atoms with Gasteiger partial charge in [0.2, 0.25) is 0 Å². The van der Waals surface area contributed by atoms with Crippen molar-refractivity contribution in [2.24, 2.45) is 0 Å². The third-order valence-corrected chi connectivity index (χ3v) is 3.45. The van der Waals surface area contributed by atoms with E-state index in [0.717, 1.165) is 6.07 Å². The number of anilines is 1.